The molecule has 0 aliphatic carbocycles. The molecule has 0 aromatic carbocycles. The highest BCUT2D eigenvalue weighted by molar-refractivity contribution is 6.05. The number of allylic oxidation sites excluding steroid dienone is 1. The van der Waals surface area contributed by atoms with Crippen molar-refractivity contribution in [3.05, 3.63) is 11.8 Å². The van der Waals surface area contributed by atoms with Gasteiger partial charge in [0, 0.05) is 32.0 Å². The number of ether oxygens (including phenoxy) is 1. The fourth-order valence-corrected chi connectivity index (χ4v) is 2.57. The summed E-state index contributed by atoms with van der Waals surface area (Å²) in [4.78, 5) is 15.3. The second kappa shape index (κ2) is 6.85. The molecule has 0 aromatic heterocycles. The Morgan fingerprint density at radius 3 is 2.33 bits per heavy atom. The van der Waals surface area contributed by atoms with E-state index in [1.165, 1.54) is 0 Å². The molecule has 2 rings (SSSR count). The van der Waals surface area contributed by atoms with E-state index in [0.29, 0.717) is 18.0 Å². The van der Waals surface area contributed by atoms with Crippen LogP contribution in [0.3, 0.4) is 0 Å². The maximum absolute atomic E-state index is 5.85. The first-order valence-electron chi connectivity index (χ1n) is 7.39. The van der Waals surface area contributed by atoms with E-state index in [2.05, 4.69) is 19.9 Å². The van der Waals surface area contributed by atoms with Crippen molar-refractivity contribution in [3.63, 3.8) is 0 Å². The van der Waals surface area contributed by atoms with Crippen molar-refractivity contribution in [2.24, 2.45) is 20.7 Å². The number of morpholine rings is 1. The smallest absolute Gasteiger partial charge is 0.220 e. The Balaban J connectivity index is 2.09. The molecule has 2 N–H and O–H groups in total. The molecule has 6 heteroatoms. The van der Waals surface area contributed by atoms with Crippen LogP contribution in [0.25, 0.3) is 0 Å². The van der Waals surface area contributed by atoms with E-state index in [0.717, 1.165) is 43.2 Å². The molecule has 2 aliphatic rings. The van der Waals surface area contributed by atoms with Crippen molar-refractivity contribution in [2.45, 2.75) is 45.8 Å². The molecule has 21 heavy (non-hydrogen) atoms. The fraction of sp³-hybridized carbons (Fsp3) is 0.667. The number of likely N-dealkylation sites (tertiary alicyclic amines) is 1. The van der Waals surface area contributed by atoms with Crippen LogP contribution >= 0.6 is 0 Å². The lowest BCUT2D eigenvalue weighted by Crippen LogP contribution is -2.45. The van der Waals surface area contributed by atoms with Crippen molar-refractivity contribution in [3.8, 4) is 0 Å². The summed E-state index contributed by atoms with van der Waals surface area (Å²) in [5.41, 5.74) is 7.43. The van der Waals surface area contributed by atoms with Gasteiger partial charge in [-0.15, -0.1) is 0 Å². The average molecular weight is 291 g/mol. The van der Waals surface area contributed by atoms with Crippen molar-refractivity contribution in [2.75, 3.05) is 20.1 Å². The normalized spacial score (nSPS) is 28.3. The SMILES string of the molecule is CN=C(N=C(C)/C(C)=C/N=C(C)N)N1CC2CCC(C1)O2. The van der Waals surface area contributed by atoms with Gasteiger partial charge in [-0.25, -0.2) is 9.98 Å². The summed E-state index contributed by atoms with van der Waals surface area (Å²) in [5.74, 6) is 1.31. The Hall–Kier alpha value is -1.69. The van der Waals surface area contributed by atoms with Gasteiger partial charge in [-0.2, -0.15) is 0 Å². The third-order valence-corrected chi connectivity index (χ3v) is 3.83. The summed E-state index contributed by atoms with van der Waals surface area (Å²) in [6, 6.07) is 0. The zero-order valence-corrected chi connectivity index (χ0v) is 13.3. The minimum Gasteiger partial charge on any atom is -0.387 e. The molecule has 2 atom stereocenters. The van der Waals surface area contributed by atoms with Gasteiger partial charge in [0.15, 0.2) is 0 Å². The number of rotatable bonds is 2. The molecule has 116 valence electrons. The lowest BCUT2D eigenvalue weighted by molar-refractivity contribution is -0.0160. The van der Waals surface area contributed by atoms with Gasteiger partial charge >= 0.3 is 0 Å². The summed E-state index contributed by atoms with van der Waals surface area (Å²) in [6.45, 7) is 7.46. The number of fused-ring (bicyclic) bond motifs is 2. The number of hydrogen-bond donors (Lipinski definition) is 1. The van der Waals surface area contributed by atoms with Crippen LogP contribution in [0.4, 0.5) is 0 Å². The van der Waals surface area contributed by atoms with Crippen molar-refractivity contribution < 1.29 is 4.74 Å². The van der Waals surface area contributed by atoms with Gasteiger partial charge in [0.1, 0.15) is 0 Å². The van der Waals surface area contributed by atoms with Gasteiger partial charge in [-0.3, -0.25) is 4.99 Å². The Morgan fingerprint density at radius 2 is 1.81 bits per heavy atom. The first-order valence-corrected chi connectivity index (χ1v) is 7.39. The molecule has 0 amide bonds. The summed E-state index contributed by atoms with van der Waals surface area (Å²) in [6.07, 6.45) is 4.69. The Bertz CT molecular complexity index is 490. The topological polar surface area (TPSA) is 75.6 Å². The Morgan fingerprint density at radius 1 is 1.19 bits per heavy atom. The van der Waals surface area contributed by atoms with Gasteiger partial charge in [0.05, 0.1) is 18.0 Å². The molecular weight excluding hydrogens is 266 g/mol. The van der Waals surface area contributed by atoms with Crippen molar-refractivity contribution in [1.29, 1.82) is 0 Å². The predicted molar refractivity (Wildman–Crippen MR) is 87.0 cm³/mol. The van der Waals surface area contributed by atoms with E-state index in [-0.39, 0.29) is 0 Å². The first kappa shape index (κ1) is 15.7. The Labute approximate surface area is 126 Å². The maximum atomic E-state index is 5.85. The molecular formula is C15H25N5O. The van der Waals surface area contributed by atoms with E-state index in [1.807, 2.05) is 13.8 Å². The number of amidine groups is 1. The summed E-state index contributed by atoms with van der Waals surface area (Å²) >= 11 is 0. The molecule has 2 heterocycles. The van der Waals surface area contributed by atoms with Crippen LogP contribution < -0.4 is 5.73 Å². The molecule has 0 radical (unpaired) electrons. The van der Waals surface area contributed by atoms with Crippen LogP contribution in [0.5, 0.6) is 0 Å². The number of nitrogens with zero attached hydrogens (tertiary/aromatic N) is 4. The highest BCUT2D eigenvalue weighted by atomic mass is 16.5. The van der Waals surface area contributed by atoms with E-state index >= 15 is 0 Å². The highest BCUT2D eigenvalue weighted by Crippen LogP contribution is 2.26. The zero-order valence-electron chi connectivity index (χ0n) is 13.3. The maximum Gasteiger partial charge on any atom is 0.220 e. The largest absolute Gasteiger partial charge is 0.387 e. The minimum absolute atomic E-state index is 0.331. The third kappa shape index (κ3) is 4.14. The summed E-state index contributed by atoms with van der Waals surface area (Å²) < 4.78 is 5.85. The molecule has 6 nitrogen and oxygen atoms in total. The average Bonchev–Trinajstić information content (AvgIpc) is 2.80. The number of aliphatic imine (C=N–C) groups is 3. The lowest BCUT2D eigenvalue weighted by atomic mass is 10.2. The Kier molecular flexibility index (Phi) is 5.12. The van der Waals surface area contributed by atoms with Gasteiger partial charge in [-0.05, 0) is 39.2 Å². The summed E-state index contributed by atoms with van der Waals surface area (Å²) in [7, 11) is 1.78. The first-order chi connectivity index (χ1) is 9.99. The van der Waals surface area contributed by atoms with E-state index in [1.54, 1.807) is 20.2 Å². The number of hydrogen-bond acceptors (Lipinski definition) is 3. The fourth-order valence-electron chi connectivity index (χ4n) is 2.57. The third-order valence-electron chi connectivity index (χ3n) is 3.83. The van der Waals surface area contributed by atoms with Crippen LogP contribution in [0.2, 0.25) is 0 Å². The number of nitrogens with two attached hydrogens (primary N) is 1. The monoisotopic (exact) mass is 291 g/mol. The molecule has 2 saturated heterocycles. The van der Waals surface area contributed by atoms with E-state index in [4.69, 9.17) is 10.5 Å². The van der Waals surface area contributed by atoms with Crippen molar-refractivity contribution in [1.82, 2.24) is 4.90 Å². The summed E-state index contributed by atoms with van der Waals surface area (Å²) in [5, 5.41) is 0. The van der Waals surface area contributed by atoms with Gasteiger partial charge in [-0.1, -0.05) is 0 Å². The predicted octanol–water partition coefficient (Wildman–Crippen LogP) is 1.58. The molecule has 0 spiro atoms. The van der Waals surface area contributed by atoms with Gasteiger partial charge in [0.2, 0.25) is 5.96 Å². The molecule has 2 fully saturated rings. The van der Waals surface area contributed by atoms with E-state index < -0.39 is 0 Å². The van der Waals surface area contributed by atoms with Crippen molar-refractivity contribution >= 4 is 17.5 Å². The quantitative estimate of drug-likeness (QED) is 0.620. The van der Waals surface area contributed by atoms with Gasteiger partial charge in [0.25, 0.3) is 0 Å². The number of guanidine groups is 1. The molecule has 0 saturated carbocycles. The van der Waals surface area contributed by atoms with Crippen LogP contribution in [-0.2, 0) is 4.74 Å². The standard InChI is InChI=1S/C15H25N5O/c1-10(7-18-12(3)16)11(2)19-15(17-4)20-8-13-5-6-14(9-20)21-13/h7,13-14H,5-6,8-9H2,1-4H3,(H2,16,18)/b10-7+,17-15?,19-11?. The second-order valence-electron chi connectivity index (χ2n) is 5.67. The molecule has 0 aromatic rings. The molecule has 2 aliphatic heterocycles. The molecule has 2 unspecified atom stereocenters. The van der Waals surface area contributed by atoms with Crippen LogP contribution in [-0.4, -0.2) is 54.8 Å². The van der Waals surface area contributed by atoms with Gasteiger partial charge < -0.3 is 15.4 Å². The van der Waals surface area contributed by atoms with Crippen LogP contribution in [0, 0.1) is 0 Å². The highest BCUT2D eigenvalue weighted by Gasteiger charge is 2.34. The molecule has 2 bridgehead atoms. The lowest BCUT2D eigenvalue weighted by Gasteiger charge is -2.32. The zero-order chi connectivity index (χ0) is 15.4. The minimum atomic E-state index is 0.331. The second-order valence-corrected chi connectivity index (χ2v) is 5.67. The van der Waals surface area contributed by atoms with E-state index in [9.17, 15) is 0 Å². The van der Waals surface area contributed by atoms with Crippen LogP contribution in [0.15, 0.2) is 26.8 Å². The van der Waals surface area contributed by atoms with Crippen LogP contribution in [0.1, 0.15) is 33.6 Å².